The van der Waals surface area contributed by atoms with Gasteiger partial charge in [0.2, 0.25) is 0 Å². The van der Waals surface area contributed by atoms with Gasteiger partial charge >= 0.3 is 6.03 Å². The van der Waals surface area contributed by atoms with Crippen molar-refractivity contribution in [1.82, 2.24) is 9.97 Å². The molecule has 1 aliphatic heterocycles. The van der Waals surface area contributed by atoms with E-state index in [1.807, 2.05) is 6.92 Å². The number of carbonyl (C=O) groups excluding carboxylic acids is 1. The van der Waals surface area contributed by atoms with Crippen molar-refractivity contribution in [2.45, 2.75) is 19.8 Å². The van der Waals surface area contributed by atoms with Gasteiger partial charge in [-0.1, -0.05) is 17.7 Å². The van der Waals surface area contributed by atoms with Gasteiger partial charge in [-0.05, 0) is 37.5 Å². The Balaban J connectivity index is 1.68. The number of halogens is 1. The summed E-state index contributed by atoms with van der Waals surface area (Å²) >= 11 is 6.05. The summed E-state index contributed by atoms with van der Waals surface area (Å²) in [4.78, 5) is 22.7. The van der Waals surface area contributed by atoms with Crippen LogP contribution < -0.4 is 15.5 Å². The molecule has 1 fully saturated rings. The van der Waals surface area contributed by atoms with E-state index in [1.54, 1.807) is 24.3 Å². The maximum atomic E-state index is 12.1. The van der Waals surface area contributed by atoms with Crippen LogP contribution in [0.2, 0.25) is 5.02 Å². The van der Waals surface area contributed by atoms with Crippen LogP contribution in [0, 0.1) is 6.92 Å². The van der Waals surface area contributed by atoms with Crippen molar-refractivity contribution in [1.29, 1.82) is 0 Å². The van der Waals surface area contributed by atoms with Crippen LogP contribution in [-0.4, -0.2) is 29.1 Å². The van der Waals surface area contributed by atoms with Gasteiger partial charge in [0.25, 0.3) is 0 Å². The SMILES string of the molecule is Cc1c(Cl)cccc1NC(=O)Nc1cc(N2CCCC2)ncn1. The molecule has 1 aromatic heterocycles. The highest BCUT2D eigenvalue weighted by Crippen LogP contribution is 2.23. The Bertz CT molecular complexity index is 715. The van der Waals surface area contributed by atoms with Gasteiger partial charge in [0.05, 0.1) is 0 Å². The topological polar surface area (TPSA) is 70.2 Å². The van der Waals surface area contributed by atoms with Crippen LogP contribution in [0.15, 0.2) is 30.6 Å². The third kappa shape index (κ3) is 3.71. The van der Waals surface area contributed by atoms with Crippen molar-refractivity contribution in [2.24, 2.45) is 0 Å². The number of hydrogen-bond acceptors (Lipinski definition) is 4. The minimum Gasteiger partial charge on any atom is -0.356 e. The van der Waals surface area contributed by atoms with Gasteiger partial charge < -0.3 is 10.2 Å². The van der Waals surface area contributed by atoms with Crippen LogP contribution >= 0.6 is 11.6 Å². The number of hydrogen-bond donors (Lipinski definition) is 2. The lowest BCUT2D eigenvalue weighted by atomic mass is 10.2. The summed E-state index contributed by atoms with van der Waals surface area (Å²) in [6, 6.07) is 6.81. The van der Waals surface area contributed by atoms with Gasteiger partial charge in [-0.25, -0.2) is 14.8 Å². The molecule has 0 spiro atoms. The molecule has 0 bridgehead atoms. The summed E-state index contributed by atoms with van der Waals surface area (Å²) in [5, 5.41) is 6.12. The fourth-order valence-corrected chi connectivity index (χ4v) is 2.72. The lowest BCUT2D eigenvalue weighted by molar-refractivity contribution is 0.262. The first-order valence-electron chi connectivity index (χ1n) is 7.53. The third-order valence-electron chi connectivity index (χ3n) is 3.84. The van der Waals surface area contributed by atoms with Crippen LogP contribution in [0.5, 0.6) is 0 Å². The molecular weight excluding hydrogens is 314 g/mol. The largest absolute Gasteiger partial charge is 0.356 e. The number of amides is 2. The zero-order valence-electron chi connectivity index (χ0n) is 12.8. The third-order valence-corrected chi connectivity index (χ3v) is 4.25. The number of urea groups is 1. The molecule has 0 unspecified atom stereocenters. The highest BCUT2D eigenvalue weighted by molar-refractivity contribution is 6.31. The highest BCUT2D eigenvalue weighted by atomic mass is 35.5. The summed E-state index contributed by atoms with van der Waals surface area (Å²) in [7, 11) is 0. The maximum absolute atomic E-state index is 12.1. The molecule has 6 nitrogen and oxygen atoms in total. The number of anilines is 3. The normalized spacial score (nSPS) is 13.9. The van der Waals surface area contributed by atoms with E-state index in [-0.39, 0.29) is 6.03 Å². The monoisotopic (exact) mass is 331 g/mol. The molecule has 1 aromatic carbocycles. The van der Waals surface area contributed by atoms with Gasteiger partial charge in [-0.15, -0.1) is 0 Å². The Kier molecular flexibility index (Phi) is 4.62. The van der Waals surface area contributed by atoms with Crippen molar-refractivity contribution >= 4 is 35.0 Å². The molecular formula is C16H18ClN5O. The van der Waals surface area contributed by atoms with E-state index in [4.69, 9.17) is 11.6 Å². The average molecular weight is 332 g/mol. The number of carbonyl (C=O) groups is 1. The van der Waals surface area contributed by atoms with Crippen molar-refractivity contribution in [3.8, 4) is 0 Å². The second-order valence-corrected chi connectivity index (χ2v) is 5.85. The molecule has 0 radical (unpaired) electrons. The average Bonchev–Trinajstić information content (AvgIpc) is 3.06. The number of nitrogens with zero attached hydrogens (tertiary/aromatic N) is 3. The first-order chi connectivity index (χ1) is 11.1. The fraction of sp³-hybridized carbons (Fsp3) is 0.312. The number of rotatable bonds is 3. The zero-order valence-corrected chi connectivity index (χ0v) is 13.6. The van der Waals surface area contributed by atoms with E-state index in [0.29, 0.717) is 16.5 Å². The molecule has 1 aliphatic rings. The molecule has 0 aliphatic carbocycles. The Morgan fingerprint density at radius 1 is 1.22 bits per heavy atom. The summed E-state index contributed by atoms with van der Waals surface area (Å²) in [5.41, 5.74) is 1.49. The summed E-state index contributed by atoms with van der Waals surface area (Å²) in [6.45, 7) is 3.84. The predicted molar refractivity (Wildman–Crippen MR) is 92.3 cm³/mol. The standard InChI is InChI=1S/C16H18ClN5O/c1-11-12(17)5-4-6-13(11)20-16(23)21-14-9-15(19-10-18-14)22-7-2-3-8-22/h4-6,9-10H,2-3,7-8H2,1H3,(H2,18,19,20,21,23). The van der Waals surface area contributed by atoms with Gasteiger partial charge in [-0.2, -0.15) is 0 Å². The Morgan fingerprint density at radius 2 is 2.00 bits per heavy atom. The maximum Gasteiger partial charge on any atom is 0.324 e. The Hall–Kier alpha value is -2.34. The van der Waals surface area contributed by atoms with Crippen molar-refractivity contribution < 1.29 is 4.79 Å². The molecule has 7 heteroatoms. The van der Waals surface area contributed by atoms with Crippen molar-refractivity contribution in [3.63, 3.8) is 0 Å². The van der Waals surface area contributed by atoms with Gasteiger partial charge in [0, 0.05) is 29.9 Å². The lowest BCUT2D eigenvalue weighted by Crippen LogP contribution is -2.22. The molecule has 2 N–H and O–H groups in total. The Labute approximate surface area is 139 Å². The van der Waals surface area contributed by atoms with Crippen LogP contribution in [0.4, 0.5) is 22.1 Å². The van der Waals surface area contributed by atoms with E-state index in [1.165, 1.54) is 19.2 Å². The molecule has 2 heterocycles. The van der Waals surface area contributed by atoms with E-state index in [9.17, 15) is 4.79 Å². The predicted octanol–water partition coefficient (Wildman–Crippen LogP) is 3.68. The van der Waals surface area contributed by atoms with E-state index < -0.39 is 0 Å². The summed E-state index contributed by atoms with van der Waals surface area (Å²) in [5.74, 6) is 1.31. The molecule has 23 heavy (non-hydrogen) atoms. The van der Waals surface area contributed by atoms with Crippen LogP contribution in [0.3, 0.4) is 0 Å². The minimum absolute atomic E-state index is 0.360. The minimum atomic E-state index is -0.360. The smallest absolute Gasteiger partial charge is 0.324 e. The first kappa shape index (κ1) is 15.6. The van der Waals surface area contributed by atoms with Gasteiger partial charge in [0.15, 0.2) is 0 Å². The van der Waals surface area contributed by atoms with Crippen LogP contribution in [-0.2, 0) is 0 Å². The summed E-state index contributed by atoms with van der Waals surface area (Å²) in [6.07, 6.45) is 3.80. The van der Waals surface area contributed by atoms with E-state index in [2.05, 4.69) is 25.5 Å². The van der Waals surface area contributed by atoms with Gasteiger partial charge in [-0.3, -0.25) is 5.32 Å². The van der Waals surface area contributed by atoms with Crippen molar-refractivity contribution in [3.05, 3.63) is 41.2 Å². The number of nitrogens with one attached hydrogen (secondary N) is 2. The highest BCUT2D eigenvalue weighted by Gasteiger charge is 2.15. The van der Waals surface area contributed by atoms with E-state index in [0.717, 1.165) is 24.5 Å². The first-order valence-corrected chi connectivity index (χ1v) is 7.91. The second-order valence-electron chi connectivity index (χ2n) is 5.45. The molecule has 0 atom stereocenters. The van der Waals surface area contributed by atoms with Gasteiger partial charge in [0.1, 0.15) is 18.0 Å². The summed E-state index contributed by atoms with van der Waals surface area (Å²) < 4.78 is 0. The quantitative estimate of drug-likeness (QED) is 0.900. The zero-order chi connectivity index (χ0) is 16.2. The molecule has 2 amide bonds. The number of benzene rings is 1. The molecule has 2 aromatic rings. The van der Waals surface area contributed by atoms with Crippen molar-refractivity contribution in [2.75, 3.05) is 28.6 Å². The molecule has 0 saturated carbocycles. The molecule has 120 valence electrons. The lowest BCUT2D eigenvalue weighted by Gasteiger charge is -2.16. The molecule has 1 saturated heterocycles. The van der Waals surface area contributed by atoms with Crippen LogP contribution in [0.25, 0.3) is 0 Å². The second kappa shape index (κ2) is 6.83. The number of aromatic nitrogens is 2. The van der Waals surface area contributed by atoms with E-state index >= 15 is 0 Å². The Morgan fingerprint density at radius 3 is 2.78 bits per heavy atom. The van der Waals surface area contributed by atoms with Crippen LogP contribution in [0.1, 0.15) is 18.4 Å². The fourth-order valence-electron chi connectivity index (χ4n) is 2.55. The molecule has 3 rings (SSSR count).